The minimum absolute atomic E-state index is 0.0107. The summed E-state index contributed by atoms with van der Waals surface area (Å²) >= 11 is 0. The van der Waals surface area contributed by atoms with Gasteiger partial charge in [0.1, 0.15) is 6.67 Å². The number of hydrogen-bond acceptors (Lipinski definition) is 6. The summed E-state index contributed by atoms with van der Waals surface area (Å²) in [5.74, 6) is 0.0489. The number of amides is 1. The fourth-order valence-electron chi connectivity index (χ4n) is 3.03. The molecule has 4 rings (SSSR count). The van der Waals surface area contributed by atoms with Crippen molar-refractivity contribution in [3.8, 4) is 22.9 Å². The summed E-state index contributed by atoms with van der Waals surface area (Å²) < 4.78 is 47.1. The summed E-state index contributed by atoms with van der Waals surface area (Å²) in [5.41, 5.74) is 0.765. The molecule has 35 heavy (non-hydrogen) atoms. The third-order valence-electron chi connectivity index (χ3n) is 5.18. The van der Waals surface area contributed by atoms with Crippen LogP contribution in [0.4, 0.5) is 15.8 Å². The van der Waals surface area contributed by atoms with Crippen LogP contribution in [-0.2, 0) is 14.8 Å². The number of halogens is 1. The zero-order chi connectivity index (χ0) is 25.1. The quantitative estimate of drug-likeness (QED) is 0.351. The van der Waals surface area contributed by atoms with E-state index in [2.05, 4.69) is 20.2 Å². The number of rotatable bonds is 8. The van der Waals surface area contributed by atoms with Gasteiger partial charge < -0.3 is 9.73 Å². The Bertz CT molecular complexity index is 1440. The molecule has 0 fully saturated rings. The molecule has 4 aromatic rings. The van der Waals surface area contributed by atoms with Crippen LogP contribution in [0, 0.1) is 5.41 Å². The average Bonchev–Trinajstić information content (AvgIpc) is 3.36. The van der Waals surface area contributed by atoms with E-state index < -0.39 is 28.0 Å². The highest BCUT2D eigenvalue weighted by Gasteiger charge is 2.27. The summed E-state index contributed by atoms with van der Waals surface area (Å²) in [4.78, 5) is 12.1. The number of alkyl halides is 1. The van der Waals surface area contributed by atoms with Crippen molar-refractivity contribution in [3.63, 3.8) is 0 Å². The molecular weight excluding hydrogens is 471 g/mol. The van der Waals surface area contributed by atoms with Gasteiger partial charge in [-0.15, -0.1) is 10.2 Å². The number of carbonyl (C=O) groups excluding carboxylic acids is 1. The Kier molecular flexibility index (Phi) is 6.65. The summed E-state index contributed by atoms with van der Waals surface area (Å²) in [6.45, 7) is 2.19. The maximum atomic E-state index is 13.0. The van der Waals surface area contributed by atoms with Crippen LogP contribution in [0.3, 0.4) is 0 Å². The summed E-state index contributed by atoms with van der Waals surface area (Å²) in [5, 5.41) is 10.7. The molecule has 8 nitrogen and oxygen atoms in total. The van der Waals surface area contributed by atoms with Crippen LogP contribution in [0.15, 0.2) is 88.2 Å². The van der Waals surface area contributed by atoms with E-state index in [1.807, 2.05) is 30.3 Å². The molecule has 0 aliphatic carbocycles. The molecule has 2 N–H and O–H groups in total. The van der Waals surface area contributed by atoms with Crippen LogP contribution in [0.25, 0.3) is 22.9 Å². The second kappa shape index (κ2) is 9.67. The zero-order valence-electron chi connectivity index (χ0n) is 19.0. The van der Waals surface area contributed by atoms with E-state index in [4.69, 9.17) is 4.42 Å². The SMILES string of the molecule is CC(C)(CF)C(=O)Nc1ccc(NS(=O)(=O)c2cccc(-c3nnc(-c4ccccc4)o3)c2)cc1. The third kappa shape index (κ3) is 5.55. The predicted molar refractivity (Wildman–Crippen MR) is 131 cm³/mol. The Hall–Kier alpha value is -4.05. The lowest BCUT2D eigenvalue weighted by Crippen LogP contribution is -2.32. The van der Waals surface area contributed by atoms with Crippen LogP contribution in [0.2, 0.25) is 0 Å². The molecule has 0 spiro atoms. The number of anilines is 2. The van der Waals surface area contributed by atoms with Crippen molar-refractivity contribution in [2.75, 3.05) is 16.7 Å². The van der Waals surface area contributed by atoms with Crippen molar-refractivity contribution in [1.29, 1.82) is 0 Å². The van der Waals surface area contributed by atoms with E-state index in [0.29, 0.717) is 22.8 Å². The fourth-order valence-corrected chi connectivity index (χ4v) is 4.13. The van der Waals surface area contributed by atoms with Crippen LogP contribution < -0.4 is 10.0 Å². The van der Waals surface area contributed by atoms with E-state index in [9.17, 15) is 17.6 Å². The molecule has 0 atom stereocenters. The standard InChI is InChI=1S/C25H23FN4O4S/c1-25(2,16-26)24(31)27-19-11-13-20(14-12-19)30-35(32,33)21-10-6-9-18(15-21)23-29-28-22(34-23)17-7-4-3-5-8-17/h3-15,30H,16H2,1-2H3,(H,27,31). The van der Waals surface area contributed by atoms with Crippen molar-refractivity contribution >= 4 is 27.3 Å². The number of benzene rings is 3. The Morgan fingerprint density at radius 2 is 1.49 bits per heavy atom. The van der Waals surface area contributed by atoms with Gasteiger partial charge in [0.05, 0.1) is 10.3 Å². The molecule has 0 saturated heterocycles. The van der Waals surface area contributed by atoms with Crippen molar-refractivity contribution in [2.24, 2.45) is 5.41 Å². The maximum Gasteiger partial charge on any atom is 0.261 e. The normalized spacial score (nSPS) is 11.7. The van der Waals surface area contributed by atoms with E-state index >= 15 is 0 Å². The van der Waals surface area contributed by atoms with Crippen molar-refractivity contribution < 1.29 is 22.0 Å². The number of hydrogen-bond donors (Lipinski definition) is 2. The largest absolute Gasteiger partial charge is 0.416 e. The Morgan fingerprint density at radius 3 is 2.14 bits per heavy atom. The van der Waals surface area contributed by atoms with Crippen LogP contribution in [-0.4, -0.2) is 31.2 Å². The molecule has 0 aliphatic rings. The molecule has 10 heteroatoms. The molecule has 0 unspecified atom stereocenters. The first-order valence-corrected chi connectivity index (χ1v) is 12.2. The second-order valence-electron chi connectivity index (χ2n) is 8.46. The molecule has 1 heterocycles. The highest BCUT2D eigenvalue weighted by atomic mass is 32.2. The van der Waals surface area contributed by atoms with Crippen molar-refractivity contribution in [2.45, 2.75) is 18.7 Å². The number of aromatic nitrogens is 2. The highest BCUT2D eigenvalue weighted by molar-refractivity contribution is 7.92. The van der Waals surface area contributed by atoms with Gasteiger partial charge in [0.25, 0.3) is 10.0 Å². The fraction of sp³-hybridized carbons (Fsp3) is 0.160. The summed E-state index contributed by atoms with van der Waals surface area (Å²) in [6, 6.07) is 21.5. The first-order chi connectivity index (χ1) is 16.7. The number of nitrogens with zero attached hydrogens (tertiary/aromatic N) is 2. The van der Waals surface area contributed by atoms with Gasteiger partial charge in [0.2, 0.25) is 17.7 Å². The highest BCUT2D eigenvalue weighted by Crippen LogP contribution is 2.27. The maximum absolute atomic E-state index is 13.0. The smallest absolute Gasteiger partial charge is 0.261 e. The van der Waals surface area contributed by atoms with E-state index in [1.54, 1.807) is 12.1 Å². The first-order valence-electron chi connectivity index (χ1n) is 10.7. The molecule has 0 radical (unpaired) electrons. The molecule has 1 amide bonds. The van der Waals surface area contributed by atoms with E-state index in [0.717, 1.165) is 5.56 Å². The zero-order valence-corrected chi connectivity index (χ0v) is 19.8. The van der Waals surface area contributed by atoms with Gasteiger partial charge >= 0.3 is 0 Å². The average molecular weight is 495 g/mol. The molecule has 0 aliphatic heterocycles. The van der Waals surface area contributed by atoms with Crippen LogP contribution in [0.1, 0.15) is 13.8 Å². The Morgan fingerprint density at radius 1 is 0.886 bits per heavy atom. The van der Waals surface area contributed by atoms with Gasteiger partial charge in [-0.1, -0.05) is 24.3 Å². The van der Waals surface area contributed by atoms with Gasteiger partial charge in [-0.3, -0.25) is 9.52 Å². The third-order valence-corrected chi connectivity index (χ3v) is 6.56. The Labute approximate surface area is 202 Å². The molecule has 180 valence electrons. The summed E-state index contributed by atoms with van der Waals surface area (Å²) in [7, 11) is -3.93. The number of nitrogens with one attached hydrogen (secondary N) is 2. The number of sulfonamides is 1. The predicted octanol–water partition coefficient (Wildman–Crippen LogP) is 5.14. The molecule has 1 aromatic heterocycles. The van der Waals surface area contributed by atoms with Gasteiger partial charge in [0.15, 0.2) is 0 Å². The molecule has 0 saturated carbocycles. The summed E-state index contributed by atoms with van der Waals surface area (Å²) in [6.07, 6.45) is 0. The minimum Gasteiger partial charge on any atom is -0.416 e. The van der Waals surface area contributed by atoms with Gasteiger partial charge in [-0.25, -0.2) is 12.8 Å². The Balaban J connectivity index is 1.50. The van der Waals surface area contributed by atoms with Crippen LogP contribution >= 0.6 is 0 Å². The van der Waals surface area contributed by atoms with Gasteiger partial charge in [0, 0.05) is 22.5 Å². The lowest BCUT2D eigenvalue weighted by Gasteiger charge is -2.19. The van der Waals surface area contributed by atoms with Crippen molar-refractivity contribution in [3.05, 3.63) is 78.9 Å². The molecule has 0 bridgehead atoms. The van der Waals surface area contributed by atoms with Gasteiger partial charge in [-0.2, -0.15) is 0 Å². The van der Waals surface area contributed by atoms with Gasteiger partial charge in [-0.05, 0) is 68.4 Å². The molecular formula is C25H23FN4O4S. The first kappa shape index (κ1) is 24.1. The van der Waals surface area contributed by atoms with Crippen LogP contribution in [0.5, 0.6) is 0 Å². The lowest BCUT2D eigenvalue weighted by atomic mass is 9.94. The lowest BCUT2D eigenvalue weighted by molar-refractivity contribution is -0.124. The van der Waals surface area contributed by atoms with Crippen molar-refractivity contribution in [1.82, 2.24) is 10.2 Å². The number of carbonyl (C=O) groups is 1. The second-order valence-corrected chi connectivity index (χ2v) is 10.1. The van der Waals surface area contributed by atoms with E-state index in [-0.39, 0.29) is 10.8 Å². The molecule has 3 aromatic carbocycles. The topological polar surface area (TPSA) is 114 Å². The monoisotopic (exact) mass is 494 g/mol. The van der Waals surface area contributed by atoms with E-state index in [1.165, 1.54) is 50.2 Å². The minimum atomic E-state index is -3.93.